The summed E-state index contributed by atoms with van der Waals surface area (Å²) in [7, 11) is 0. The molecule has 18 heavy (non-hydrogen) atoms. The number of rotatable bonds is 1. The normalized spacial score (nSPS) is 17.9. The number of nitrogens with zero attached hydrogens (tertiary/aromatic N) is 2. The highest BCUT2D eigenvalue weighted by molar-refractivity contribution is 5.44. The van der Waals surface area contributed by atoms with Crippen molar-refractivity contribution in [3.63, 3.8) is 0 Å². The van der Waals surface area contributed by atoms with Gasteiger partial charge < -0.3 is 10.3 Å². The minimum absolute atomic E-state index is 0.0122. The Kier molecular flexibility index (Phi) is 2.99. The third-order valence-corrected chi connectivity index (χ3v) is 3.78. The summed E-state index contributed by atoms with van der Waals surface area (Å²) < 4.78 is 2.24. The minimum Gasteiger partial charge on any atom is -0.384 e. The second kappa shape index (κ2) is 4.01. The van der Waals surface area contributed by atoms with Gasteiger partial charge in [-0.2, -0.15) is 0 Å². The number of hydrogen-bond acceptors (Lipinski definition) is 2. The Labute approximate surface area is 111 Å². The fourth-order valence-electron chi connectivity index (χ4n) is 2.61. The van der Waals surface area contributed by atoms with Gasteiger partial charge in [0.25, 0.3) is 0 Å². The molecule has 0 unspecified atom stereocenters. The topological polar surface area (TPSA) is 43.8 Å². The lowest BCUT2D eigenvalue weighted by Gasteiger charge is -2.30. The van der Waals surface area contributed by atoms with Crippen molar-refractivity contribution >= 4 is 5.82 Å². The molecule has 3 nitrogen and oxygen atoms in total. The lowest BCUT2D eigenvalue weighted by Crippen LogP contribution is -2.30. The summed E-state index contributed by atoms with van der Waals surface area (Å²) in [6, 6.07) is 0. The molecule has 0 spiro atoms. The summed E-state index contributed by atoms with van der Waals surface area (Å²) in [5.74, 6) is 2.60. The van der Waals surface area contributed by atoms with E-state index in [1.54, 1.807) is 0 Å². The molecule has 102 valence electrons. The molecule has 0 bridgehead atoms. The van der Waals surface area contributed by atoms with Gasteiger partial charge in [0, 0.05) is 16.9 Å². The Morgan fingerprint density at radius 1 is 1.11 bits per heavy atom. The van der Waals surface area contributed by atoms with E-state index in [0.29, 0.717) is 5.92 Å². The van der Waals surface area contributed by atoms with Crippen molar-refractivity contribution in [2.45, 2.75) is 77.7 Å². The van der Waals surface area contributed by atoms with Crippen LogP contribution in [0.2, 0.25) is 0 Å². The Bertz CT molecular complexity index is 440. The zero-order valence-corrected chi connectivity index (χ0v) is 12.7. The van der Waals surface area contributed by atoms with Gasteiger partial charge >= 0.3 is 0 Å². The smallest absolute Gasteiger partial charge is 0.127 e. The van der Waals surface area contributed by atoms with Crippen LogP contribution in [0.3, 0.4) is 0 Å². The van der Waals surface area contributed by atoms with Crippen LogP contribution in [0.4, 0.5) is 5.82 Å². The Morgan fingerprint density at radius 2 is 1.67 bits per heavy atom. The van der Waals surface area contributed by atoms with Crippen molar-refractivity contribution in [3.8, 4) is 0 Å². The van der Waals surface area contributed by atoms with Crippen LogP contribution in [-0.2, 0) is 11.0 Å². The number of hydrogen-bond donors (Lipinski definition) is 1. The zero-order chi connectivity index (χ0) is 13.7. The maximum absolute atomic E-state index is 6.40. The molecule has 0 atom stereocenters. The third-order valence-electron chi connectivity index (χ3n) is 3.78. The molecule has 1 aromatic heterocycles. The average Bonchev–Trinajstić information content (AvgIpc) is 2.39. The van der Waals surface area contributed by atoms with E-state index >= 15 is 0 Å². The summed E-state index contributed by atoms with van der Waals surface area (Å²) in [5, 5.41) is 0. The average molecular weight is 249 g/mol. The van der Waals surface area contributed by atoms with E-state index in [9.17, 15) is 0 Å². The molecule has 1 aliphatic carbocycles. The number of imidazole rings is 1. The Balaban J connectivity index is 2.57. The van der Waals surface area contributed by atoms with E-state index < -0.39 is 0 Å². The van der Waals surface area contributed by atoms with Crippen molar-refractivity contribution in [3.05, 3.63) is 11.5 Å². The van der Waals surface area contributed by atoms with Gasteiger partial charge in [0.05, 0.1) is 5.69 Å². The van der Waals surface area contributed by atoms with Crippen LogP contribution < -0.4 is 5.73 Å². The van der Waals surface area contributed by atoms with Crippen LogP contribution in [-0.4, -0.2) is 9.55 Å². The van der Waals surface area contributed by atoms with Crippen molar-refractivity contribution in [1.29, 1.82) is 0 Å². The molecule has 1 saturated carbocycles. The van der Waals surface area contributed by atoms with E-state index in [-0.39, 0.29) is 11.0 Å². The summed E-state index contributed by atoms with van der Waals surface area (Å²) in [4.78, 5) is 4.91. The van der Waals surface area contributed by atoms with E-state index in [0.717, 1.165) is 17.3 Å². The highest BCUT2D eigenvalue weighted by Crippen LogP contribution is 2.41. The van der Waals surface area contributed by atoms with Gasteiger partial charge in [-0.05, 0) is 33.6 Å². The molecule has 1 aromatic rings. The molecular weight excluding hydrogens is 222 g/mol. The van der Waals surface area contributed by atoms with Crippen LogP contribution in [0.5, 0.6) is 0 Å². The Hall–Kier alpha value is -0.990. The quantitative estimate of drug-likeness (QED) is 0.823. The summed E-state index contributed by atoms with van der Waals surface area (Å²) in [5.41, 5.74) is 7.56. The lowest BCUT2D eigenvalue weighted by molar-refractivity contribution is 0.359. The monoisotopic (exact) mass is 249 g/mol. The summed E-state index contributed by atoms with van der Waals surface area (Å²) in [6.07, 6.45) is 3.81. The maximum Gasteiger partial charge on any atom is 0.127 e. The highest BCUT2D eigenvalue weighted by Gasteiger charge is 2.34. The van der Waals surface area contributed by atoms with Crippen LogP contribution >= 0.6 is 0 Å². The van der Waals surface area contributed by atoms with Crippen LogP contribution in [0.15, 0.2) is 0 Å². The predicted octanol–water partition coefficient (Wildman–Crippen LogP) is 3.79. The zero-order valence-electron chi connectivity index (χ0n) is 12.7. The number of aromatic nitrogens is 2. The number of anilines is 1. The van der Waals surface area contributed by atoms with Crippen LogP contribution in [0.1, 0.15) is 78.2 Å². The molecule has 1 aliphatic rings. The maximum atomic E-state index is 6.40. The standard InChI is InChI=1S/C15H27N3/c1-14(2,3)13-17-11(10-8-7-9-10)12(16)18(13)15(4,5)6/h10H,7-9,16H2,1-6H3. The van der Waals surface area contributed by atoms with Gasteiger partial charge in [0.1, 0.15) is 11.6 Å². The molecule has 2 N–H and O–H groups in total. The molecule has 0 radical (unpaired) electrons. The molecular formula is C15H27N3. The number of nitrogen functional groups attached to an aromatic ring is 1. The first kappa shape index (κ1) is 13.4. The van der Waals surface area contributed by atoms with Crippen molar-refractivity contribution in [2.24, 2.45) is 0 Å². The largest absolute Gasteiger partial charge is 0.384 e. The highest BCUT2D eigenvalue weighted by atomic mass is 15.2. The fourth-order valence-corrected chi connectivity index (χ4v) is 2.61. The lowest BCUT2D eigenvalue weighted by atomic mass is 9.83. The van der Waals surface area contributed by atoms with Crippen LogP contribution in [0.25, 0.3) is 0 Å². The minimum atomic E-state index is -0.0122. The molecule has 1 heterocycles. The fraction of sp³-hybridized carbons (Fsp3) is 0.800. The van der Waals surface area contributed by atoms with Crippen molar-refractivity contribution in [2.75, 3.05) is 5.73 Å². The van der Waals surface area contributed by atoms with Gasteiger partial charge in [0.2, 0.25) is 0 Å². The second-order valence-electron chi connectivity index (χ2n) is 7.59. The molecule has 0 saturated heterocycles. The van der Waals surface area contributed by atoms with Crippen molar-refractivity contribution in [1.82, 2.24) is 9.55 Å². The second-order valence-corrected chi connectivity index (χ2v) is 7.59. The molecule has 0 amide bonds. The van der Waals surface area contributed by atoms with Gasteiger partial charge in [-0.25, -0.2) is 4.98 Å². The molecule has 2 rings (SSSR count). The van der Waals surface area contributed by atoms with E-state index in [1.165, 1.54) is 19.3 Å². The van der Waals surface area contributed by atoms with Crippen molar-refractivity contribution < 1.29 is 0 Å². The predicted molar refractivity (Wildman–Crippen MR) is 76.9 cm³/mol. The van der Waals surface area contributed by atoms with Crippen LogP contribution in [0, 0.1) is 0 Å². The van der Waals surface area contributed by atoms with E-state index in [2.05, 4.69) is 46.1 Å². The van der Waals surface area contributed by atoms with Gasteiger partial charge in [-0.3, -0.25) is 0 Å². The van der Waals surface area contributed by atoms with Gasteiger partial charge in [-0.15, -0.1) is 0 Å². The van der Waals surface area contributed by atoms with E-state index in [4.69, 9.17) is 10.7 Å². The molecule has 3 heteroatoms. The van der Waals surface area contributed by atoms with E-state index in [1.807, 2.05) is 0 Å². The molecule has 0 aromatic carbocycles. The SMILES string of the molecule is CC(C)(C)c1nc(C2CCC2)c(N)n1C(C)(C)C. The first-order chi connectivity index (χ1) is 8.12. The summed E-state index contributed by atoms with van der Waals surface area (Å²) >= 11 is 0. The third kappa shape index (κ3) is 2.15. The Morgan fingerprint density at radius 3 is 1.94 bits per heavy atom. The first-order valence-electron chi connectivity index (χ1n) is 7.01. The summed E-state index contributed by atoms with van der Waals surface area (Å²) in [6.45, 7) is 13.2. The number of nitrogens with two attached hydrogens (primary N) is 1. The van der Waals surface area contributed by atoms with Gasteiger partial charge in [0.15, 0.2) is 0 Å². The molecule has 1 fully saturated rings. The van der Waals surface area contributed by atoms with Gasteiger partial charge in [-0.1, -0.05) is 27.2 Å². The molecule has 0 aliphatic heterocycles. The first-order valence-corrected chi connectivity index (χ1v) is 7.01.